The topological polar surface area (TPSA) is 73.3 Å². The monoisotopic (exact) mass is 355 g/mol. The first-order chi connectivity index (χ1) is 12.1. The molecule has 0 bridgehead atoms. The summed E-state index contributed by atoms with van der Waals surface area (Å²) in [7, 11) is 3.12. The number of methoxy groups -OCH3 is 2. The number of carbonyl (C=O) groups excluding carboxylic acids is 1. The third-order valence-electron chi connectivity index (χ3n) is 3.50. The van der Waals surface area contributed by atoms with Crippen LogP contribution in [0.15, 0.2) is 42.6 Å². The summed E-state index contributed by atoms with van der Waals surface area (Å²) >= 11 is 1.31. The fourth-order valence-electron chi connectivity index (χ4n) is 2.27. The summed E-state index contributed by atoms with van der Waals surface area (Å²) in [6.07, 6.45) is 1.70. The average Bonchev–Trinajstić information content (AvgIpc) is 3.04. The first-order valence-electron chi connectivity index (χ1n) is 7.54. The molecule has 2 heterocycles. The largest absolute Gasteiger partial charge is 0.497 e. The van der Waals surface area contributed by atoms with Crippen molar-refractivity contribution in [1.82, 2.24) is 9.97 Å². The van der Waals surface area contributed by atoms with Gasteiger partial charge in [0.15, 0.2) is 0 Å². The second-order valence-electron chi connectivity index (χ2n) is 5.20. The van der Waals surface area contributed by atoms with E-state index in [1.807, 2.05) is 25.1 Å². The zero-order chi connectivity index (χ0) is 17.8. The maximum Gasteiger partial charge on any atom is 0.267 e. The third-order valence-corrected chi connectivity index (χ3v) is 4.67. The molecule has 0 fully saturated rings. The highest BCUT2D eigenvalue weighted by Gasteiger charge is 2.17. The van der Waals surface area contributed by atoms with Crippen LogP contribution < -0.4 is 14.8 Å². The van der Waals surface area contributed by atoms with Crippen LogP contribution in [0.1, 0.15) is 15.4 Å². The predicted molar refractivity (Wildman–Crippen MR) is 97.6 cm³/mol. The molecule has 3 rings (SSSR count). The van der Waals surface area contributed by atoms with E-state index in [4.69, 9.17) is 9.47 Å². The van der Waals surface area contributed by atoms with Gasteiger partial charge in [0.25, 0.3) is 5.91 Å². The molecular formula is C18H17N3O3S. The van der Waals surface area contributed by atoms with E-state index in [0.717, 1.165) is 5.69 Å². The number of aryl methyl sites for hydroxylation is 1. The second-order valence-corrected chi connectivity index (χ2v) is 6.20. The average molecular weight is 355 g/mol. The van der Waals surface area contributed by atoms with E-state index in [0.29, 0.717) is 32.8 Å². The van der Waals surface area contributed by atoms with Crippen LogP contribution >= 0.6 is 11.3 Å². The molecule has 0 atom stereocenters. The Morgan fingerprint density at radius 1 is 1.12 bits per heavy atom. The molecule has 0 spiro atoms. The van der Waals surface area contributed by atoms with Gasteiger partial charge in [0.2, 0.25) is 0 Å². The van der Waals surface area contributed by atoms with Crippen molar-refractivity contribution in [1.29, 1.82) is 0 Å². The van der Waals surface area contributed by atoms with Crippen LogP contribution in [0.25, 0.3) is 10.7 Å². The summed E-state index contributed by atoms with van der Waals surface area (Å²) in [6, 6.07) is 10.8. The van der Waals surface area contributed by atoms with Crippen molar-refractivity contribution in [2.24, 2.45) is 0 Å². The van der Waals surface area contributed by atoms with E-state index in [1.54, 1.807) is 38.6 Å². The predicted octanol–water partition coefficient (Wildman–Crippen LogP) is 3.78. The van der Waals surface area contributed by atoms with Crippen LogP contribution in [0.2, 0.25) is 0 Å². The summed E-state index contributed by atoms with van der Waals surface area (Å²) in [4.78, 5) is 21.9. The van der Waals surface area contributed by atoms with E-state index >= 15 is 0 Å². The molecule has 0 saturated heterocycles. The molecule has 128 valence electrons. The number of rotatable bonds is 5. The van der Waals surface area contributed by atoms with Crippen LogP contribution in [0.3, 0.4) is 0 Å². The number of pyridine rings is 1. The van der Waals surface area contributed by atoms with E-state index < -0.39 is 0 Å². The van der Waals surface area contributed by atoms with Crippen molar-refractivity contribution in [2.75, 3.05) is 19.5 Å². The molecule has 6 nitrogen and oxygen atoms in total. The minimum absolute atomic E-state index is 0.229. The molecule has 0 saturated carbocycles. The Morgan fingerprint density at radius 3 is 2.44 bits per heavy atom. The normalized spacial score (nSPS) is 10.4. The lowest BCUT2D eigenvalue weighted by Crippen LogP contribution is -2.11. The molecule has 0 aliphatic carbocycles. The minimum atomic E-state index is -0.229. The number of nitrogens with zero attached hydrogens (tertiary/aromatic N) is 2. The van der Waals surface area contributed by atoms with Crippen LogP contribution in [0, 0.1) is 6.92 Å². The Kier molecular flexibility index (Phi) is 4.95. The molecule has 0 aliphatic heterocycles. The summed E-state index contributed by atoms with van der Waals surface area (Å²) < 4.78 is 10.4. The number of carbonyl (C=O) groups is 1. The first-order valence-corrected chi connectivity index (χ1v) is 8.35. The number of ether oxygens (including phenoxy) is 2. The quantitative estimate of drug-likeness (QED) is 0.754. The lowest BCUT2D eigenvalue weighted by Gasteiger charge is -2.09. The van der Waals surface area contributed by atoms with Crippen molar-refractivity contribution < 1.29 is 14.3 Å². The van der Waals surface area contributed by atoms with Gasteiger partial charge in [0.05, 0.1) is 25.6 Å². The smallest absolute Gasteiger partial charge is 0.267 e. The Hall–Kier alpha value is -2.93. The standard InChI is InChI=1S/C18H17N3O3S/c1-11-16(25-18(20-11)15-6-4-5-7-19-15)17(22)21-12-8-13(23-2)10-14(9-12)24-3/h4-10H,1-3H3,(H,21,22). The van der Waals surface area contributed by atoms with Crippen LogP contribution in [0.5, 0.6) is 11.5 Å². The molecule has 0 aliphatic rings. The molecule has 0 unspecified atom stereocenters. The Labute approximate surface area is 149 Å². The SMILES string of the molecule is COc1cc(NC(=O)c2sc(-c3ccccn3)nc2C)cc(OC)c1. The van der Waals surface area contributed by atoms with Gasteiger partial charge in [-0.25, -0.2) is 4.98 Å². The zero-order valence-electron chi connectivity index (χ0n) is 14.1. The molecule has 0 radical (unpaired) electrons. The van der Waals surface area contributed by atoms with E-state index in [1.165, 1.54) is 11.3 Å². The van der Waals surface area contributed by atoms with Crippen molar-refractivity contribution in [3.8, 4) is 22.2 Å². The molecule has 1 N–H and O–H groups in total. The molecule has 25 heavy (non-hydrogen) atoms. The van der Waals surface area contributed by atoms with Gasteiger partial charge in [-0.2, -0.15) is 0 Å². The van der Waals surface area contributed by atoms with E-state index in [-0.39, 0.29) is 5.91 Å². The highest BCUT2D eigenvalue weighted by atomic mass is 32.1. The summed E-state index contributed by atoms with van der Waals surface area (Å²) in [5.74, 6) is 0.974. The van der Waals surface area contributed by atoms with Crippen molar-refractivity contribution in [3.05, 3.63) is 53.2 Å². The van der Waals surface area contributed by atoms with E-state index in [9.17, 15) is 4.79 Å². The fourth-order valence-corrected chi connectivity index (χ4v) is 3.21. The Morgan fingerprint density at radius 2 is 1.84 bits per heavy atom. The lowest BCUT2D eigenvalue weighted by atomic mass is 10.2. The van der Waals surface area contributed by atoms with Gasteiger partial charge >= 0.3 is 0 Å². The van der Waals surface area contributed by atoms with Gasteiger partial charge in [0, 0.05) is 30.1 Å². The van der Waals surface area contributed by atoms with Gasteiger partial charge < -0.3 is 14.8 Å². The molecule has 1 aromatic carbocycles. The number of thiazole rings is 1. The number of hydrogen-bond acceptors (Lipinski definition) is 6. The van der Waals surface area contributed by atoms with Crippen molar-refractivity contribution >= 4 is 22.9 Å². The van der Waals surface area contributed by atoms with Gasteiger partial charge in [-0.3, -0.25) is 9.78 Å². The summed E-state index contributed by atoms with van der Waals surface area (Å²) in [6.45, 7) is 1.81. The fraction of sp³-hybridized carbons (Fsp3) is 0.167. The Balaban J connectivity index is 1.86. The first kappa shape index (κ1) is 16.9. The summed E-state index contributed by atoms with van der Waals surface area (Å²) in [5, 5.41) is 3.58. The number of benzene rings is 1. The highest BCUT2D eigenvalue weighted by Crippen LogP contribution is 2.29. The molecule has 3 aromatic rings. The maximum absolute atomic E-state index is 12.6. The number of aromatic nitrogens is 2. The lowest BCUT2D eigenvalue weighted by molar-refractivity contribution is 0.103. The number of nitrogens with one attached hydrogen (secondary N) is 1. The van der Waals surface area contributed by atoms with Crippen LogP contribution in [-0.4, -0.2) is 30.1 Å². The summed E-state index contributed by atoms with van der Waals surface area (Å²) in [5.41, 5.74) is 2.00. The van der Waals surface area contributed by atoms with Crippen molar-refractivity contribution in [2.45, 2.75) is 6.92 Å². The van der Waals surface area contributed by atoms with Crippen molar-refractivity contribution in [3.63, 3.8) is 0 Å². The molecule has 7 heteroatoms. The number of anilines is 1. The zero-order valence-corrected chi connectivity index (χ0v) is 14.9. The number of hydrogen-bond donors (Lipinski definition) is 1. The molecular weight excluding hydrogens is 338 g/mol. The highest BCUT2D eigenvalue weighted by molar-refractivity contribution is 7.17. The molecule has 2 aromatic heterocycles. The molecule has 1 amide bonds. The van der Waals surface area contributed by atoms with Gasteiger partial charge in [-0.15, -0.1) is 11.3 Å². The third kappa shape index (κ3) is 3.77. The van der Waals surface area contributed by atoms with Crippen LogP contribution in [0.4, 0.5) is 5.69 Å². The van der Waals surface area contributed by atoms with Gasteiger partial charge in [-0.1, -0.05) is 6.07 Å². The van der Waals surface area contributed by atoms with Gasteiger partial charge in [0.1, 0.15) is 21.4 Å². The minimum Gasteiger partial charge on any atom is -0.497 e. The van der Waals surface area contributed by atoms with Gasteiger partial charge in [-0.05, 0) is 19.1 Å². The van der Waals surface area contributed by atoms with E-state index in [2.05, 4.69) is 15.3 Å². The Bertz CT molecular complexity index is 872. The van der Waals surface area contributed by atoms with Crippen LogP contribution in [-0.2, 0) is 0 Å². The second kappa shape index (κ2) is 7.31. The number of amides is 1. The maximum atomic E-state index is 12.6.